The molecule has 0 saturated carbocycles. The molecule has 10 heteroatoms. The Kier molecular flexibility index (Phi) is 6.34. The summed E-state index contributed by atoms with van der Waals surface area (Å²) in [5.74, 6) is -6.40. The molecule has 0 aliphatic carbocycles. The van der Waals surface area contributed by atoms with Gasteiger partial charge in [0.1, 0.15) is 0 Å². The van der Waals surface area contributed by atoms with Gasteiger partial charge in [-0.3, -0.25) is 0 Å². The lowest BCUT2D eigenvalue weighted by Crippen LogP contribution is -2.34. The highest BCUT2D eigenvalue weighted by molar-refractivity contribution is 6.15. The van der Waals surface area contributed by atoms with E-state index in [0.29, 0.717) is 0 Å². The molecule has 0 rings (SSSR count). The van der Waals surface area contributed by atoms with Crippen LogP contribution in [0.3, 0.4) is 0 Å². The number of hydrogen-bond acceptors (Lipinski definition) is 3. The molecule has 0 aromatic heterocycles. The van der Waals surface area contributed by atoms with Crippen molar-refractivity contribution in [3.05, 3.63) is 0 Å². The number of esters is 2. The topological polar surface area (TPSA) is 43.4 Å². The van der Waals surface area contributed by atoms with Crippen LogP contribution < -0.4 is 0 Å². The first-order valence-corrected chi connectivity index (χ1v) is 3.58. The molecule has 0 aromatic carbocycles. The van der Waals surface area contributed by atoms with Crippen LogP contribution >= 0.6 is 11.6 Å². The zero-order valence-electron chi connectivity index (χ0n) is 6.87. The van der Waals surface area contributed by atoms with Gasteiger partial charge in [0, 0.05) is 6.38 Å². The Morgan fingerprint density at radius 1 is 0.867 bits per heavy atom. The fourth-order valence-electron chi connectivity index (χ4n) is 0.200. The second kappa shape index (κ2) is 5.79. The molecule has 0 unspecified atom stereocenters. The fraction of sp³-hybridized carbons (Fsp3) is 0.600. The van der Waals surface area contributed by atoms with Gasteiger partial charge in [0.15, 0.2) is 0 Å². The molecule has 3 nitrogen and oxygen atoms in total. The second-order valence-electron chi connectivity index (χ2n) is 1.67. The van der Waals surface area contributed by atoms with E-state index in [0.717, 1.165) is 0 Å². The minimum atomic E-state index is -5.62. The summed E-state index contributed by atoms with van der Waals surface area (Å²) >= 11 is 4.64. The Hall–Kier alpha value is -0.990. The van der Waals surface area contributed by atoms with Crippen molar-refractivity contribution in [2.24, 2.45) is 0 Å². The molecular formula is C5H3ClF6O3. The van der Waals surface area contributed by atoms with E-state index in [9.17, 15) is 35.9 Å². The van der Waals surface area contributed by atoms with Crippen LogP contribution in [0.2, 0.25) is 0 Å². The van der Waals surface area contributed by atoms with Crippen molar-refractivity contribution in [3.8, 4) is 0 Å². The first-order valence-electron chi connectivity index (χ1n) is 2.83. The maximum atomic E-state index is 11.2. The summed E-state index contributed by atoms with van der Waals surface area (Å²) in [6.07, 6.45) is -9.78. The summed E-state index contributed by atoms with van der Waals surface area (Å²) in [5, 5.41) is 0. The maximum absolute atomic E-state index is 11.2. The molecule has 0 atom stereocenters. The molecule has 0 fully saturated rings. The molecule has 0 aromatic rings. The normalized spacial score (nSPS) is 11.2. The lowest BCUT2D eigenvalue weighted by atomic mass is 10.6. The molecule has 0 aliphatic heterocycles. The number of ether oxygens (including phenoxy) is 1. The maximum Gasteiger partial charge on any atom is 0.491 e. The molecule has 0 N–H and O–H groups in total. The summed E-state index contributed by atoms with van der Waals surface area (Å²) < 4.78 is 69.7. The molecule has 0 spiro atoms. The molecule has 0 saturated heterocycles. The third-order valence-corrected chi connectivity index (χ3v) is 0.648. The van der Waals surface area contributed by atoms with Crippen molar-refractivity contribution in [1.82, 2.24) is 0 Å². The first kappa shape index (κ1) is 16.4. The summed E-state index contributed by atoms with van der Waals surface area (Å²) in [5.41, 5.74) is 0. The zero-order chi connectivity index (χ0) is 12.9. The van der Waals surface area contributed by atoms with E-state index < -0.39 is 24.3 Å². The molecule has 0 radical (unpaired) electrons. The summed E-state index contributed by atoms with van der Waals surface area (Å²) in [6.45, 7) is 0. The molecule has 0 amide bonds. The van der Waals surface area contributed by atoms with Crippen LogP contribution in [0.5, 0.6) is 0 Å². The molecule has 0 bridgehead atoms. The molecule has 0 heterocycles. The number of carbonyl (C=O) groups excluding carboxylic acids is 2. The van der Waals surface area contributed by atoms with Crippen LogP contribution in [0.1, 0.15) is 0 Å². The van der Waals surface area contributed by atoms with Crippen LogP contribution in [0.25, 0.3) is 0 Å². The van der Waals surface area contributed by atoms with Crippen molar-refractivity contribution >= 4 is 23.5 Å². The first-order chi connectivity index (χ1) is 6.55. The van der Waals surface area contributed by atoms with Gasteiger partial charge in [-0.15, -0.1) is 11.6 Å². The van der Waals surface area contributed by atoms with Crippen molar-refractivity contribution in [3.63, 3.8) is 0 Å². The molecule has 15 heavy (non-hydrogen) atoms. The van der Waals surface area contributed by atoms with E-state index in [4.69, 9.17) is 0 Å². The van der Waals surface area contributed by atoms with E-state index in [1.165, 1.54) is 6.38 Å². The minimum absolute atomic E-state index is 1.47. The SMILES string of the molecule is CCl.O=C(OC(=O)C(F)(F)F)C(F)(F)F. The minimum Gasteiger partial charge on any atom is -0.380 e. The number of alkyl halides is 7. The summed E-state index contributed by atoms with van der Waals surface area (Å²) in [6, 6.07) is 0. The molecular weight excluding hydrogens is 257 g/mol. The lowest BCUT2D eigenvalue weighted by molar-refractivity contribution is -0.221. The van der Waals surface area contributed by atoms with Crippen LogP contribution in [0.4, 0.5) is 26.3 Å². The Balaban J connectivity index is 0. The van der Waals surface area contributed by atoms with Gasteiger partial charge in [0.05, 0.1) is 0 Å². The number of halogens is 7. The van der Waals surface area contributed by atoms with E-state index in [-0.39, 0.29) is 0 Å². The third kappa shape index (κ3) is 7.00. The standard InChI is InChI=1S/C4F6O3.CH3Cl/c5-3(6,7)1(11)13-2(12)4(8,9)10;1-2/h;1H3. The smallest absolute Gasteiger partial charge is 0.380 e. The van der Waals surface area contributed by atoms with Crippen LogP contribution in [0.15, 0.2) is 0 Å². The van der Waals surface area contributed by atoms with Gasteiger partial charge in [-0.2, -0.15) is 26.3 Å². The fourth-order valence-corrected chi connectivity index (χ4v) is 0.200. The number of hydrogen-bond donors (Lipinski definition) is 0. The Morgan fingerprint density at radius 2 is 1.07 bits per heavy atom. The van der Waals surface area contributed by atoms with Crippen molar-refractivity contribution < 1.29 is 40.7 Å². The highest BCUT2D eigenvalue weighted by Gasteiger charge is 2.49. The Bertz CT molecular complexity index is 208. The van der Waals surface area contributed by atoms with Gasteiger partial charge in [-0.25, -0.2) is 9.59 Å². The van der Waals surface area contributed by atoms with Crippen molar-refractivity contribution in [2.45, 2.75) is 12.4 Å². The highest BCUT2D eigenvalue weighted by Crippen LogP contribution is 2.21. The van der Waals surface area contributed by atoms with Crippen LogP contribution in [0, 0.1) is 0 Å². The monoisotopic (exact) mass is 260 g/mol. The van der Waals surface area contributed by atoms with Gasteiger partial charge in [0.25, 0.3) is 0 Å². The Morgan fingerprint density at radius 3 is 1.20 bits per heavy atom. The van der Waals surface area contributed by atoms with E-state index >= 15 is 0 Å². The van der Waals surface area contributed by atoms with Gasteiger partial charge >= 0.3 is 24.3 Å². The number of rotatable bonds is 0. The quantitative estimate of drug-likeness (QED) is 0.290. The average molecular weight is 261 g/mol. The second-order valence-corrected chi connectivity index (χ2v) is 1.67. The van der Waals surface area contributed by atoms with E-state index in [1.807, 2.05) is 0 Å². The van der Waals surface area contributed by atoms with Crippen molar-refractivity contribution in [1.29, 1.82) is 0 Å². The van der Waals surface area contributed by atoms with Crippen LogP contribution in [-0.2, 0) is 14.3 Å². The summed E-state index contributed by atoms with van der Waals surface area (Å²) in [4.78, 5) is 19.3. The predicted octanol–water partition coefficient (Wildman–Crippen LogP) is 2.04. The third-order valence-electron chi connectivity index (χ3n) is 0.648. The summed E-state index contributed by atoms with van der Waals surface area (Å²) in [7, 11) is 0. The van der Waals surface area contributed by atoms with Gasteiger partial charge in [0.2, 0.25) is 0 Å². The largest absolute Gasteiger partial charge is 0.491 e. The predicted molar refractivity (Wildman–Crippen MR) is 35.0 cm³/mol. The van der Waals surface area contributed by atoms with Gasteiger partial charge in [-0.1, -0.05) is 0 Å². The zero-order valence-corrected chi connectivity index (χ0v) is 7.63. The van der Waals surface area contributed by atoms with Crippen molar-refractivity contribution in [2.75, 3.05) is 6.38 Å². The molecule has 0 aliphatic rings. The van der Waals surface area contributed by atoms with E-state index in [2.05, 4.69) is 16.3 Å². The van der Waals surface area contributed by atoms with Gasteiger partial charge in [-0.05, 0) is 0 Å². The highest BCUT2D eigenvalue weighted by atomic mass is 35.5. The molecule has 90 valence electrons. The average Bonchev–Trinajstić information content (AvgIpc) is 2.04. The van der Waals surface area contributed by atoms with Crippen LogP contribution in [-0.4, -0.2) is 30.7 Å². The lowest BCUT2D eigenvalue weighted by Gasteiger charge is -2.06. The van der Waals surface area contributed by atoms with Gasteiger partial charge < -0.3 is 4.74 Å². The number of carbonyl (C=O) groups is 2. The Labute approximate surface area is 83.9 Å². The van der Waals surface area contributed by atoms with E-state index in [1.54, 1.807) is 0 Å².